The lowest BCUT2D eigenvalue weighted by Crippen LogP contribution is -2.19. The Morgan fingerprint density at radius 2 is 2.12 bits per heavy atom. The Balaban J connectivity index is 1.95. The van der Waals surface area contributed by atoms with Crippen molar-refractivity contribution in [2.75, 3.05) is 0 Å². The van der Waals surface area contributed by atoms with E-state index in [1.165, 1.54) is 6.07 Å². The molecule has 0 spiro atoms. The molecule has 0 aliphatic carbocycles. The van der Waals surface area contributed by atoms with Crippen molar-refractivity contribution in [1.29, 1.82) is 0 Å². The number of aryl methyl sites for hydroxylation is 1. The number of ether oxygens (including phenoxy) is 2. The summed E-state index contributed by atoms with van der Waals surface area (Å²) in [7, 11) is 0. The van der Waals surface area contributed by atoms with Crippen LogP contribution in [0.15, 0.2) is 30.4 Å². The fourth-order valence-corrected chi connectivity index (χ4v) is 3.26. The topological polar surface area (TPSA) is 59.1 Å². The van der Waals surface area contributed by atoms with E-state index in [2.05, 4.69) is 0 Å². The molecule has 128 valence electrons. The SMILES string of the molecule is Cc1cc(O)c2c(c1Cl)CC/C=C/C=C\[C@@H]1OC1CC(C)OC2=O. The quantitative estimate of drug-likeness (QED) is 0.566. The first-order valence-corrected chi connectivity index (χ1v) is 8.56. The maximum Gasteiger partial charge on any atom is 0.342 e. The normalized spacial score (nSPS) is 29.6. The van der Waals surface area contributed by atoms with E-state index < -0.39 is 5.97 Å². The highest BCUT2D eigenvalue weighted by Gasteiger charge is 2.38. The van der Waals surface area contributed by atoms with Crippen LogP contribution in [0.5, 0.6) is 5.75 Å². The minimum Gasteiger partial charge on any atom is -0.507 e. The summed E-state index contributed by atoms with van der Waals surface area (Å²) < 4.78 is 11.1. The molecule has 24 heavy (non-hydrogen) atoms. The average Bonchev–Trinajstić information content (AvgIpc) is 3.24. The molecule has 2 heterocycles. The van der Waals surface area contributed by atoms with Crippen molar-refractivity contribution in [2.45, 2.75) is 51.4 Å². The fourth-order valence-electron chi connectivity index (χ4n) is 3.01. The smallest absolute Gasteiger partial charge is 0.342 e. The van der Waals surface area contributed by atoms with Gasteiger partial charge in [-0.05, 0) is 43.9 Å². The molecule has 1 N–H and O–H groups in total. The molecular weight excluding hydrogens is 328 g/mol. The zero-order valence-corrected chi connectivity index (χ0v) is 14.5. The van der Waals surface area contributed by atoms with Gasteiger partial charge in [0.1, 0.15) is 23.5 Å². The van der Waals surface area contributed by atoms with E-state index in [4.69, 9.17) is 21.1 Å². The first kappa shape index (κ1) is 17.1. The highest BCUT2D eigenvalue weighted by atomic mass is 35.5. The summed E-state index contributed by atoms with van der Waals surface area (Å²) in [6.07, 6.45) is 9.72. The molecule has 0 radical (unpaired) electrons. The monoisotopic (exact) mass is 348 g/mol. The Bertz CT molecular complexity index is 708. The van der Waals surface area contributed by atoms with Gasteiger partial charge < -0.3 is 14.6 Å². The molecule has 1 fully saturated rings. The van der Waals surface area contributed by atoms with Gasteiger partial charge in [-0.3, -0.25) is 0 Å². The van der Waals surface area contributed by atoms with Gasteiger partial charge >= 0.3 is 5.97 Å². The lowest BCUT2D eigenvalue weighted by molar-refractivity contribution is 0.0305. The molecule has 0 aromatic heterocycles. The standard InChI is InChI=1S/C19H21ClO4/c1-11-9-14(21)17-13(18(11)20)7-5-3-4-6-8-15-16(24-15)10-12(2)23-19(17)22/h3-4,6,8-9,12,15-16,21H,5,7,10H2,1-2H3/b4-3+,8-6-/t12?,15-,16?/m0/s1. The van der Waals surface area contributed by atoms with Gasteiger partial charge in [-0.15, -0.1) is 0 Å². The van der Waals surface area contributed by atoms with Crippen LogP contribution in [0.25, 0.3) is 0 Å². The molecular formula is C19H21ClO4. The van der Waals surface area contributed by atoms with Gasteiger partial charge in [-0.2, -0.15) is 0 Å². The van der Waals surface area contributed by atoms with Gasteiger partial charge in [-0.25, -0.2) is 4.79 Å². The number of fused-ring (bicyclic) bond motifs is 2. The number of hydrogen-bond acceptors (Lipinski definition) is 4. The molecule has 0 bridgehead atoms. The van der Waals surface area contributed by atoms with Crippen LogP contribution in [0.1, 0.15) is 41.3 Å². The number of hydrogen-bond donors (Lipinski definition) is 1. The minimum absolute atomic E-state index is 0.0788. The number of allylic oxidation sites excluding steroid dienone is 3. The molecule has 2 aliphatic rings. The Morgan fingerprint density at radius 3 is 2.92 bits per heavy atom. The van der Waals surface area contributed by atoms with Crippen LogP contribution in [0.4, 0.5) is 0 Å². The summed E-state index contributed by atoms with van der Waals surface area (Å²) in [5, 5.41) is 10.8. The maximum atomic E-state index is 12.6. The third-order valence-corrected chi connectivity index (χ3v) is 4.86. The van der Waals surface area contributed by atoms with Crippen molar-refractivity contribution in [1.82, 2.24) is 0 Å². The van der Waals surface area contributed by atoms with E-state index in [1.807, 2.05) is 38.2 Å². The van der Waals surface area contributed by atoms with Crippen LogP contribution in [-0.2, 0) is 15.9 Å². The first-order chi connectivity index (χ1) is 11.5. The highest BCUT2D eigenvalue weighted by molar-refractivity contribution is 6.32. The molecule has 5 heteroatoms. The third-order valence-electron chi connectivity index (χ3n) is 4.33. The summed E-state index contributed by atoms with van der Waals surface area (Å²) in [6, 6.07) is 1.51. The number of carbonyl (C=O) groups is 1. The van der Waals surface area contributed by atoms with Gasteiger partial charge in [0.25, 0.3) is 0 Å². The van der Waals surface area contributed by atoms with Crippen molar-refractivity contribution in [3.05, 3.63) is 52.1 Å². The second-order valence-corrected chi connectivity index (χ2v) is 6.70. The van der Waals surface area contributed by atoms with Crippen molar-refractivity contribution >= 4 is 17.6 Å². The number of halogens is 1. The van der Waals surface area contributed by atoms with E-state index in [9.17, 15) is 9.90 Å². The second-order valence-electron chi connectivity index (χ2n) is 6.32. The lowest BCUT2D eigenvalue weighted by atomic mass is 9.98. The number of aromatic hydroxyl groups is 1. The molecule has 1 aromatic rings. The number of esters is 1. The Morgan fingerprint density at radius 1 is 1.33 bits per heavy atom. The number of phenols is 1. The average molecular weight is 349 g/mol. The number of phenolic OH excluding ortho intramolecular Hbond substituents is 1. The summed E-state index contributed by atoms with van der Waals surface area (Å²) in [5.41, 5.74) is 1.55. The zero-order chi connectivity index (χ0) is 17.3. The van der Waals surface area contributed by atoms with Crippen LogP contribution < -0.4 is 0 Å². The Labute approximate surface area is 146 Å². The van der Waals surface area contributed by atoms with E-state index in [0.29, 0.717) is 29.8 Å². The predicted molar refractivity (Wildman–Crippen MR) is 92.6 cm³/mol. The van der Waals surface area contributed by atoms with Gasteiger partial charge in [0.15, 0.2) is 0 Å². The molecule has 0 amide bonds. The summed E-state index contributed by atoms with van der Waals surface area (Å²) in [4.78, 5) is 12.6. The van der Waals surface area contributed by atoms with Crippen LogP contribution in [0.2, 0.25) is 5.02 Å². The summed E-state index contributed by atoms with van der Waals surface area (Å²) >= 11 is 6.39. The minimum atomic E-state index is -0.536. The van der Waals surface area contributed by atoms with E-state index in [-0.39, 0.29) is 29.6 Å². The molecule has 2 aliphatic heterocycles. The van der Waals surface area contributed by atoms with Crippen LogP contribution in [0.3, 0.4) is 0 Å². The molecule has 3 rings (SSSR count). The molecule has 1 aromatic carbocycles. The van der Waals surface area contributed by atoms with E-state index >= 15 is 0 Å². The van der Waals surface area contributed by atoms with Gasteiger partial charge in [0, 0.05) is 11.4 Å². The predicted octanol–water partition coefficient (Wildman–Crippen LogP) is 4.12. The number of carbonyl (C=O) groups excluding carboxylic acids is 1. The molecule has 3 atom stereocenters. The maximum absolute atomic E-state index is 12.6. The Hall–Kier alpha value is -1.78. The van der Waals surface area contributed by atoms with Crippen LogP contribution >= 0.6 is 11.6 Å². The van der Waals surface area contributed by atoms with E-state index in [1.54, 1.807) is 0 Å². The molecule has 1 saturated heterocycles. The summed E-state index contributed by atoms with van der Waals surface area (Å²) in [5.74, 6) is -0.619. The Kier molecular flexibility index (Phi) is 4.97. The van der Waals surface area contributed by atoms with Crippen LogP contribution in [-0.4, -0.2) is 29.4 Å². The first-order valence-electron chi connectivity index (χ1n) is 8.18. The highest BCUT2D eigenvalue weighted by Crippen LogP contribution is 2.34. The third kappa shape index (κ3) is 3.65. The van der Waals surface area contributed by atoms with Crippen molar-refractivity contribution < 1.29 is 19.4 Å². The number of benzene rings is 1. The second kappa shape index (κ2) is 6.99. The molecule has 0 saturated carbocycles. The molecule has 4 nitrogen and oxygen atoms in total. The van der Waals surface area contributed by atoms with E-state index in [0.717, 1.165) is 5.56 Å². The largest absolute Gasteiger partial charge is 0.507 e. The van der Waals surface area contributed by atoms with Gasteiger partial charge in [0.05, 0.1) is 6.10 Å². The van der Waals surface area contributed by atoms with Crippen molar-refractivity contribution in [3.8, 4) is 5.75 Å². The number of cyclic esters (lactones) is 1. The summed E-state index contributed by atoms with van der Waals surface area (Å²) in [6.45, 7) is 3.64. The number of epoxide rings is 1. The zero-order valence-electron chi connectivity index (χ0n) is 13.8. The van der Waals surface area contributed by atoms with Gasteiger partial charge in [-0.1, -0.05) is 35.9 Å². The lowest BCUT2D eigenvalue weighted by Gasteiger charge is -2.17. The van der Waals surface area contributed by atoms with Crippen molar-refractivity contribution in [2.24, 2.45) is 0 Å². The number of rotatable bonds is 0. The van der Waals surface area contributed by atoms with Crippen LogP contribution in [0, 0.1) is 6.92 Å². The molecule has 2 unspecified atom stereocenters. The van der Waals surface area contributed by atoms with Gasteiger partial charge in [0.2, 0.25) is 0 Å². The fraction of sp³-hybridized carbons (Fsp3) is 0.421. The van der Waals surface area contributed by atoms with Crippen molar-refractivity contribution in [3.63, 3.8) is 0 Å².